The number of hydrogen-bond donors (Lipinski definition) is 1. The summed E-state index contributed by atoms with van der Waals surface area (Å²) >= 11 is 0. The molecule has 0 aliphatic heterocycles. The van der Waals surface area contributed by atoms with Gasteiger partial charge in [-0.2, -0.15) is 0 Å². The van der Waals surface area contributed by atoms with E-state index in [2.05, 4.69) is 5.32 Å². The van der Waals surface area contributed by atoms with Gasteiger partial charge >= 0.3 is 0 Å². The molecule has 0 amide bonds. The third kappa shape index (κ3) is 2.69. The molecule has 0 spiro atoms. The number of anilines is 1. The topological polar surface area (TPSA) is 77.2 Å². The monoisotopic (exact) mass is 273 g/mol. The van der Waals surface area contributed by atoms with Crippen LogP contribution in [0.1, 0.15) is 11.1 Å². The van der Waals surface area contributed by atoms with Crippen molar-refractivity contribution in [3.63, 3.8) is 0 Å². The van der Waals surface area contributed by atoms with Crippen LogP contribution >= 0.6 is 0 Å². The number of hydrogen-bond acceptors (Lipinski definition) is 4. The number of non-ortho nitro benzene ring substituents is 1. The molecule has 6 nitrogen and oxygen atoms in total. The largest absolute Gasteiger partial charge is 0.388 e. The van der Waals surface area contributed by atoms with E-state index in [9.17, 15) is 14.9 Å². The number of benzene rings is 1. The molecule has 0 aliphatic carbocycles. The van der Waals surface area contributed by atoms with Crippen LogP contribution in [0.4, 0.5) is 11.4 Å². The van der Waals surface area contributed by atoms with Crippen LogP contribution in [0.15, 0.2) is 41.3 Å². The van der Waals surface area contributed by atoms with Crippen molar-refractivity contribution >= 4 is 11.4 Å². The van der Waals surface area contributed by atoms with E-state index in [0.717, 1.165) is 5.69 Å². The van der Waals surface area contributed by atoms with Crippen LogP contribution in [-0.4, -0.2) is 16.5 Å². The van der Waals surface area contributed by atoms with Crippen LogP contribution in [0, 0.1) is 17.0 Å². The average molecular weight is 273 g/mol. The predicted molar refractivity (Wildman–Crippen MR) is 77.2 cm³/mol. The molecular formula is C14H15N3O3. The molecule has 104 valence electrons. The lowest BCUT2D eigenvalue weighted by Gasteiger charge is -2.11. The Morgan fingerprint density at radius 2 is 2.10 bits per heavy atom. The maximum atomic E-state index is 12.0. The van der Waals surface area contributed by atoms with Gasteiger partial charge in [-0.25, -0.2) is 0 Å². The van der Waals surface area contributed by atoms with Crippen molar-refractivity contribution in [2.24, 2.45) is 0 Å². The molecule has 1 heterocycles. The van der Waals surface area contributed by atoms with Gasteiger partial charge in [0.2, 0.25) is 0 Å². The zero-order valence-electron chi connectivity index (χ0n) is 11.3. The number of nitro groups is 1. The minimum Gasteiger partial charge on any atom is -0.388 e. The van der Waals surface area contributed by atoms with Gasteiger partial charge in [0.1, 0.15) is 0 Å². The number of nitrogens with one attached hydrogen (secondary N) is 1. The molecular weight excluding hydrogens is 258 g/mol. The molecule has 1 aromatic heterocycles. The fraction of sp³-hybridized carbons (Fsp3) is 0.214. The van der Waals surface area contributed by atoms with Crippen LogP contribution in [0.2, 0.25) is 0 Å². The van der Waals surface area contributed by atoms with Crippen LogP contribution < -0.4 is 10.9 Å². The van der Waals surface area contributed by atoms with Gasteiger partial charge < -0.3 is 9.88 Å². The van der Waals surface area contributed by atoms with Crippen molar-refractivity contribution in [3.8, 4) is 0 Å². The summed E-state index contributed by atoms with van der Waals surface area (Å²) < 4.78 is 1.54. The van der Waals surface area contributed by atoms with E-state index < -0.39 is 4.92 Å². The summed E-state index contributed by atoms with van der Waals surface area (Å²) in [6.07, 6.45) is 1.67. The summed E-state index contributed by atoms with van der Waals surface area (Å²) in [7, 11) is 1.74. The second-order valence-corrected chi connectivity index (χ2v) is 4.47. The van der Waals surface area contributed by atoms with E-state index in [1.165, 1.54) is 16.7 Å². The molecule has 1 aromatic carbocycles. The van der Waals surface area contributed by atoms with Crippen molar-refractivity contribution in [3.05, 3.63) is 68.1 Å². The van der Waals surface area contributed by atoms with Crippen LogP contribution in [0.5, 0.6) is 0 Å². The Bertz CT molecular complexity index is 707. The number of nitrogens with zero attached hydrogens (tertiary/aromatic N) is 2. The van der Waals surface area contributed by atoms with E-state index in [4.69, 9.17) is 0 Å². The highest BCUT2D eigenvalue weighted by molar-refractivity contribution is 5.55. The van der Waals surface area contributed by atoms with Crippen molar-refractivity contribution in [2.45, 2.75) is 13.5 Å². The maximum Gasteiger partial charge on any atom is 0.269 e. The van der Waals surface area contributed by atoms with E-state index in [1.54, 1.807) is 38.4 Å². The van der Waals surface area contributed by atoms with Crippen molar-refractivity contribution in [2.75, 3.05) is 12.4 Å². The first-order valence-electron chi connectivity index (χ1n) is 6.14. The summed E-state index contributed by atoms with van der Waals surface area (Å²) in [5, 5.41) is 13.8. The molecule has 0 saturated heterocycles. The SMILES string of the molecule is CNc1ccc([N+](=O)[O-])cc1Cn1cccc(C)c1=O. The van der Waals surface area contributed by atoms with Gasteiger partial charge in [-0.05, 0) is 19.1 Å². The highest BCUT2D eigenvalue weighted by Crippen LogP contribution is 2.22. The number of aromatic nitrogens is 1. The minimum atomic E-state index is -0.443. The number of aryl methyl sites for hydroxylation is 1. The van der Waals surface area contributed by atoms with E-state index in [-0.39, 0.29) is 11.2 Å². The number of rotatable bonds is 4. The second-order valence-electron chi connectivity index (χ2n) is 4.47. The number of nitro benzene ring substituents is 1. The third-order valence-electron chi connectivity index (χ3n) is 3.12. The Morgan fingerprint density at radius 3 is 2.75 bits per heavy atom. The van der Waals surface area contributed by atoms with Crippen molar-refractivity contribution in [1.29, 1.82) is 0 Å². The molecule has 1 N–H and O–H groups in total. The zero-order chi connectivity index (χ0) is 14.7. The van der Waals surface area contributed by atoms with Crippen LogP contribution in [0.25, 0.3) is 0 Å². The van der Waals surface area contributed by atoms with Gasteiger partial charge in [-0.3, -0.25) is 14.9 Å². The Kier molecular flexibility index (Phi) is 3.84. The molecule has 2 rings (SSSR count). The summed E-state index contributed by atoms with van der Waals surface area (Å²) in [6.45, 7) is 2.03. The van der Waals surface area contributed by atoms with Gasteiger partial charge in [0.15, 0.2) is 0 Å². The van der Waals surface area contributed by atoms with Gasteiger partial charge in [-0.15, -0.1) is 0 Å². The van der Waals surface area contributed by atoms with E-state index >= 15 is 0 Å². The molecule has 0 atom stereocenters. The first kappa shape index (κ1) is 13.8. The fourth-order valence-corrected chi connectivity index (χ4v) is 2.03. The van der Waals surface area contributed by atoms with Crippen molar-refractivity contribution in [1.82, 2.24) is 4.57 Å². The zero-order valence-corrected chi connectivity index (χ0v) is 11.3. The highest BCUT2D eigenvalue weighted by atomic mass is 16.6. The minimum absolute atomic E-state index is 0.0136. The smallest absolute Gasteiger partial charge is 0.269 e. The van der Waals surface area contributed by atoms with Crippen LogP contribution in [-0.2, 0) is 6.54 Å². The second kappa shape index (κ2) is 5.56. The Balaban J connectivity index is 2.46. The third-order valence-corrected chi connectivity index (χ3v) is 3.12. The summed E-state index contributed by atoms with van der Waals surface area (Å²) in [4.78, 5) is 22.4. The molecule has 0 bridgehead atoms. The maximum absolute atomic E-state index is 12.0. The number of pyridine rings is 1. The Morgan fingerprint density at radius 1 is 1.35 bits per heavy atom. The molecule has 2 aromatic rings. The summed E-state index contributed by atoms with van der Waals surface area (Å²) in [5.41, 5.74) is 2.03. The molecule has 0 aliphatic rings. The Labute approximate surface area is 115 Å². The molecule has 0 radical (unpaired) electrons. The van der Waals surface area contributed by atoms with Gasteiger partial charge in [0.05, 0.1) is 11.5 Å². The van der Waals surface area contributed by atoms with Gasteiger partial charge in [-0.1, -0.05) is 6.07 Å². The molecule has 20 heavy (non-hydrogen) atoms. The lowest BCUT2D eigenvalue weighted by molar-refractivity contribution is -0.384. The average Bonchev–Trinajstić information content (AvgIpc) is 2.43. The first-order valence-corrected chi connectivity index (χ1v) is 6.14. The quantitative estimate of drug-likeness (QED) is 0.684. The van der Waals surface area contributed by atoms with Gasteiger partial charge in [0.25, 0.3) is 11.2 Å². The lowest BCUT2D eigenvalue weighted by atomic mass is 10.1. The predicted octanol–water partition coefficient (Wildman–Crippen LogP) is 2.15. The molecule has 6 heteroatoms. The molecule has 0 fully saturated rings. The van der Waals surface area contributed by atoms with E-state index in [0.29, 0.717) is 17.7 Å². The molecule has 0 unspecified atom stereocenters. The lowest BCUT2D eigenvalue weighted by Crippen LogP contribution is -2.22. The summed E-state index contributed by atoms with van der Waals surface area (Å²) in [5.74, 6) is 0. The van der Waals surface area contributed by atoms with Crippen molar-refractivity contribution < 1.29 is 4.92 Å². The van der Waals surface area contributed by atoms with Gasteiger partial charge in [0, 0.05) is 42.2 Å². The molecule has 0 saturated carbocycles. The normalized spacial score (nSPS) is 10.3. The summed E-state index contributed by atoms with van der Waals surface area (Å²) in [6, 6.07) is 8.10. The highest BCUT2D eigenvalue weighted by Gasteiger charge is 2.11. The first-order chi connectivity index (χ1) is 9.52. The van der Waals surface area contributed by atoms with Crippen LogP contribution in [0.3, 0.4) is 0 Å². The standard InChI is InChI=1S/C14H15N3O3/c1-10-4-3-7-16(14(10)18)9-11-8-12(17(19)20)5-6-13(11)15-2/h3-8,15H,9H2,1-2H3. The van der Waals surface area contributed by atoms with E-state index in [1.807, 2.05) is 0 Å². The Hall–Kier alpha value is -2.63. The fourth-order valence-electron chi connectivity index (χ4n) is 2.03.